The second-order valence-electron chi connectivity index (χ2n) is 3.71. The minimum atomic E-state index is -4.71. The van der Waals surface area contributed by atoms with Crippen molar-refractivity contribution in [3.8, 4) is 0 Å². The summed E-state index contributed by atoms with van der Waals surface area (Å²) in [7, 11) is 0. The standard InChI is InChI=1S/C11H9ClF3NO3/c1-5(10(18)19)9(17)16-8-6(11(13,14)15)3-2-4-7(8)12/h2-5H,1H3,(H,16,17)(H,18,19). The number of carboxylic acid groups (broad SMARTS) is 1. The first-order valence-electron chi connectivity index (χ1n) is 5.04. The Kier molecular flexibility index (Phi) is 4.41. The maximum absolute atomic E-state index is 12.7. The highest BCUT2D eigenvalue weighted by Crippen LogP contribution is 2.38. The minimum Gasteiger partial charge on any atom is -0.481 e. The molecule has 1 amide bonds. The lowest BCUT2D eigenvalue weighted by Crippen LogP contribution is -2.28. The molecule has 1 aromatic carbocycles. The smallest absolute Gasteiger partial charge is 0.418 e. The Balaban J connectivity index is 3.14. The third kappa shape index (κ3) is 3.60. The van der Waals surface area contributed by atoms with E-state index in [0.29, 0.717) is 0 Å². The summed E-state index contributed by atoms with van der Waals surface area (Å²) in [6, 6.07) is 2.99. The third-order valence-electron chi connectivity index (χ3n) is 2.33. The molecule has 0 heterocycles. The SMILES string of the molecule is CC(C(=O)O)C(=O)Nc1c(Cl)cccc1C(F)(F)F. The second kappa shape index (κ2) is 5.48. The number of amides is 1. The molecule has 104 valence electrons. The third-order valence-corrected chi connectivity index (χ3v) is 2.65. The lowest BCUT2D eigenvalue weighted by Gasteiger charge is -2.16. The molecule has 0 aliphatic carbocycles. The lowest BCUT2D eigenvalue weighted by molar-refractivity contribution is -0.144. The van der Waals surface area contributed by atoms with E-state index in [4.69, 9.17) is 16.7 Å². The van der Waals surface area contributed by atoms with Gasteiger partial charge in [0, 0.05) is 0 Å². The molecule has 0 aliphatic rings. The van der Waals surface area contributed by atoms with Gasteiger partial charge >= 0.3 is 12.1 Å². The van der Waals surface area contributed by atoms with Gasteiger partial charge in [0.25, 0.3) is 0 Å². The number of alkyl halides is 3. The van der Waals surface area contributed by atoms with Crippen molar-refractivity contribution in [1.82, 2.24) is 0 Å². The van der Waals surface area contributed by atoms with Crippen LogP contribution >= 0.6 is 11.6 Å². The monoisotopic (exact) mass is 295 g/mol. The maximum atomic E-state index is 12.7. The largest absolute Gasteiger partial charge is 0.481 e. The van der Waals surface area contributed by atoms with Gasteiger partial charge in [0.15, 0.2) is 0 Å². The van der Waals surface area contributed by atoms with Crippen molar-refractivity contribution in [2.24, 2.45) is 5.92 Å². The quantitative estimate of drug-likeness (QED) is 0.842. The van der Waals surface area contributed by atoms with Crippen molar-refractivity contribution in [3.05, 3.63) is 28.8 Å². The summed E-state index contributed by atoms with van der Waals surface area (Å²) in [4.78, 5) is 22.0. The van der Waals surface area contributed by atoms with Gasteiger partial charge in [-0.3, -0.25) is 9.59 Å². The molecular formula is C11H9ClF3NO3. The highest BCUT2D eigenvalue weighted by molar-refractivity contribution is 6.34. The minimum absolute atomic E-state index is 0.319. The summed E-state index contributed by atoms with van der Waals surface area (Å²) >= 11 is 5.60. The normalized spacial score (nSPS) is 12.9. The number of anilines is 1. The van der Waals surface area contributed by atoms with Gasteiger partial charge in [-0.05, 0) is 19.1 Å². The molecule has 0 radical (unpaired) electrons. The van der Waals surface area contributed by atoms with Crippen LogP contribution in [0, 0.1) is 5.92 Å². The van der Waals surface area contributed by atoms with Crippen molar-refractivity contribution in [3.63, 3.8) is 0 Å². The van der Waals surface area contributed by atoms with Crippen LogP contribution in [-0.2, 0) is 15.8 Å². The van der Waals surface area contributed by atoms with Crippen molar-refractivity contribution in [1.29, 1.82) is 0 Å². The van der Waals surface area contributed by atoms with E-state index in [1.54, 1.807) is 0 Å². The predicted octanol–water partition coefficient (Wildman–Crippen LogP) is 3.02. The van der Waals surface area contributed by atoms with E-state index >= 15 is 0 Å². The van der Waals surface area contributed by atoms with Crippen molar-refractivity contribution < 1.29 is 27.9 Å². The molecule has 1 aromatic rings. The summed E-state index contributed by atoms with van der Waals surface area (Å²) in [6.07, 6.45) is -4.71. The molecule has 19 heavy (non-hydrogen) atoms. The molecule has 0 saturated carbocycles. The fourth-order valence-corrected chi connectivity index (χ4v) is 1.45. The molecule has 1 rings (SSSR count). The molecule has 1 atom stereocenters. The van der Waals surface area contributed by atoms with Crippen LogP contribution in [-0.4, -0.2) is 17.0 Å². The van der Waals surface area contributed by atoms with Crippen LogP contribution in [0.5, 0.6) is 0 Å². The summed E-state index contributed by atoms with van der Waals surface area (Å²) in [5.41, 5.74) is -1.78. The van der Waals surface area contributed by atoms with Crippen LogP contribution in [0.25, 0.3) is 0 Å². The summed E-state index contributed by atoms with van der Waals surface area (Å²) in [5, 5.41) is 10.2. The Morgan fingerprint density at radius 1 is 1.37 bits per heavy atom. The van der Waals surface area contributed by atoms with E-state index in [1.165, 1.54) is 0 Å². The highest BCUT2D eigenvalue weighted by atomic mass is 35.5. The van der Waals surface area contributed by atoms with Gasteiger partial charge in [0.05, 0.1) is 16.3 Å². The fourth-order valence-electron chi connectivity index (χ4n) is 1.23. The molecule has 1 unspecified atom stereocenters. The highest BCUT2D eigenvalue weighted by Gasteiger charge is 2.35. The first kappa shape index (κ1) is 15.3. The Hall–Kier alpha value is -1.76. The Morgan fingerprint density at radius 2 is 1.95 bits per heavy atom. The number of hydrogen-bond donors (Lipinski definition) is 2. The molecule has 0 saturated heterocycles. The van der Waals surface area contributed by atoms with Crippen molar-refractivity contribution in [2.45, 2.75) is 13.1 Å². The number of aliphatic carboxylic acids is 1. The van der Waals surface area contributed by atoms with E-state index in [0.717, 1.165) is 25.1 Å². The van der Waals surface area contributed by atoms with E-state index in [2.05, 4.69) is 0 Å². The Bertz CT molecular complexity index is 516. The van der Waals surface area contributed by atoms with Crippen molar-refractivity contribution in [2.75, 3.05) is 5.32 Å². The molecule has 0 aromatic heterocycles. The van der Waals surface area contributed by atoms with Gasteiger partial charge in [-0.1, -0.05) is 17.7 Å². The average Bonchev–Trinajstić information content (AvgIpc) is 2.28. The molecular weight excluding hydrogens is 287 g/mol. The molecule has 0 aliphatic heterocycles. The van der Waals surface area contributed by atoms with Crippen LogP contribution in [0.4, 0.5) is 18.9 Å². The van der Waals surface area contributed by atoms with Crippen LogP contribution in [0.3, 0.4) is 0 Å². The Labute approximate surface area is 111 Å². The molecule has 0 bridgehead atoms. The number of benzene rings is 1. The van der Waals surface area contributed by atoms with Crippen LogP contribution in [0.2, 0.25) is 5.02 Å². The molecule has 0 fully saturated rings. The van der Waals surface area contributed by atoms with Gasteiger partial charge in [0.2, 0.25) is 5.91 Å². The number of halogens is 4. The Morgan fingerprint density at radius 3 is 2.42 bits per heavy atom. The first-order chi connectivity index (χ1) is 8.64. The summed E-state index contributed by atoms with van der Waals surface area (Å²) in [6.45, 7) is 1.06. The molecule has 4 nitrogen and oxygen atoms in total. The zero-order valence-corrected chi connectivity index (χ0v) is 10.3. The van der Waals surface area contributed by atoms with Gasteiger partial charge in [-0.25, -0.2) is 0 Å². The lowest BCUT2D eigenvalue weighted by atomic mass is 10.1. The van der Waals surface area contributed by atoms with E-state index in [-0.39, 0.29) is 5.02 Å². The second-order valence-corrected chi connectivity index (χ2v) is 4.12. The predicted molar refractivity (Wildman–Crippen MR) is 61.9 cm³/mol. The van der Waals surface area contributed by atoms with Gasteiger partial charge in [0.1, 0.15) is 5.92 Å². The van der Waals surface area contributed by atoms with Gasteiger partial charge < -0.3 is 10.4 Å². The zero-order valence-electron chi connectivity index (χ0n) is 9.58. The summed E-state index contributed by atoms with van der Waals surface area (Å²) in [5.74, 6) is -4.01. The van der Waals surface area contributed by atoms with Crippen molar-refractivity contribution >= 4 is 29.2 Å². The van der Waals surface area contributed by atoms with E-state index < -0.39 is 35.2 Å². The summed E-state index contributed by atoms with van der Waals surface area (Å²) < 4.78 is 38.1. The van der Waals surface area contributed by atoms with Crippen LogP contribution in [0.15, 0.2) is 18.2 Å². The molecule has 2 N–H and O–H groups in total. The molecule has 8 heteroatoms. The number of hydrogen-bond acceptors (Lipinski definition) is 2. The zero-order chi connectivity index (χ0) is 14.8. The topological polar surface area (TPSA) is 66.4 Å². The van der Waals surface area contributed by atoms with E-state index in [9.17, 15) is 22.8 Å². The number of nitrogens with one attached hydrogen (secondary N) is 1. The number of carboxylic acids is 1. The fraction of sp³-hybridized carbons (Fsp3) is 0.273. The average molecular weight is 296 g/mol. The van der Waals surface area contributed by atoms with E-state index in [1.807, 2.05) is 5.32 Å². The van der Waals surface area contributed by atoms with Gasteiger partial charge in [-0.15, -0.1) is 0 Å². The van der Waals surface area contributed by atoms with Crippen LogP contribution < -0.4 is 5.32 Å². The van der Waals surface area contributed by atoms with Crippen LogP contribution in [0.1, 0.15) is 12.5 Å². The number of carbonyl (C=O) groups is 2. The molecule has 0 spiro atoms. The first-order valence-corrected chi connectivity index (χ1v) is 5.41. The number of rotatable bonds is 3. The maximum Gasteiger partial charge on any atom is 0.418 e. The van der Waals surface area contributed by atoms with Gasteiger partial charge in [-0.2, -0.15) is 13.2 Å². The number of para-hydroxylation sites is 1. The number of carbonyl (C=O) groups excluding carboxylic acids is 1.